The van der Waals surface area contributed by atoms with Crippen LogP contribution in [0.4, 0.5) is 5.82 Å². The number of piperazine rings is 1. The minimum atomic E-state index is 0.00227. The lowest BCUT2D eigenvalue weighted by molar-refractivity contribution is -0.133. The van der Waals surface area contributed by atoms with Crippen molar-refractivity contribution in [1.82, 2.24) is 15.1 Å². The predicted molar refractivity (Wildman–Crippen MR) is 129 cm³/mol. The van der Waals surface area contributed by atoms with Crippen molar-refractivity contribution in [2.75, 3.05) is 44.5 Å². The fourth-order valence-electron chi connectivity index (χ4n) is 4.27. The third-order valence-corrected chi connectivity index (χ3v) is 6.39. The number of rotatable bonds is 5. The van der Waals surface area contributed by atoms with Crippen LogP contribution in [0.15, 0.2) is 42.5 Å². The van der Waals surface area contributed by atoms with Crippen molar-refractivity contribution >= 4 is 11.7 Å². The molecule has 2 aromatic carbocycles. The van der Waals surface area contributed by atoms with Crippen LogP contribution in [-0.2, 0) is 4.79 Å². The molecule has 2 aliphatic rings. The van der Waals surface area contributed by atoms with Gasteiger partial charge in [-0.1, -0.05) is 6.07 Å². The van der Waals surface area contributed by atoms with Crippen LogP contribution in [0.25, 0.3) is 11.3 Å². The normalized spacial score (nSPS) is 14.9. The van der Waals surface area contributed by atoms with Gasteiger partial charge in [0, 0.05) is 31.7 Å². The topological polar surface area (TPSA) is 77.0 Å². The highest BCUT2D eigenvalue weighted by Gasteiger charge is 2.23. The van der Waals surface area contributed by atoms with Crippen LogP contribution in [-0.4, -0.2) is 60.6 Å². The van der Waals surface area contributed by atoms with E-state index >= 15 is 0 Å². The molecule has 8 nitrogen and oxygen atoms in total. The van der Waals surface area contributed by atoms with Gasteiger partial charge in [0.1, 0.15) is 5.75 Å². The number of nitrogens with zero attached hydrogens (tertiary/aromatic N) is 4. The smallest absolute Gasteiger partial charge is 0.260 e. The Morgan fingerprint density at radius 1 is 0.941 bits per heavy atom. The number of ether oxygens (including phenoxy) is 3. The molecule has 1 fully saturated rings. The number of anilines is 1. The fourth-order valence-corrected chi connectivity index (χ4v) is 4.27. The Hall–Kier alpha value is -3.81. The first-order chi connectivity index (χ1) is 16.5. The predicted octanol–water partition coefficient (Wildman–Crippen LogP) is 3.53. The number of hydrogen-bond donors (Lipinski definition) is 0. The van der Waals surface area contributed by atoms with E-state index in [1.165, 1.54) is 5.56 Å². The summed E-state index contributed by atoms with van der Waals surface area (Å²) in [6.07, 6.45) is 0. The monoisotopic (exact) mass is 460 g/mol. The molecule has 0 spiro atoms. The molecule has 3 heterocycles. The number of hydrogen-bond acceptors (Lipinski definition) is 7. The third-order valence-electron chi connectivity index (χ3n) is 6.39. The number of amides is 1. The molecule has 5 rings (SSSR count). The van der Waals surface area contributed by atoms with E-state index in [1.807, 2.05) is 55.1 Å². The summed E-state index contributed by atoms with van der Waals surface area (Å²) >= 11 is 0. The number of carbonyl (C=O) groups is 1. The number of aryl methyl sites for hydroxylation is 2. The van der Waals surface area contributed by atoms with Crippen LogP contribution in [0, 0.1) is 20.8 Å². The molecule has 0 radical (unpaired) electrons. The van der Waals surface area contributed by atoms with E-state index in [0.717, 1.165) is 45.5 Å². The second-order valence-corrected chi connectivity index (χ2v) is 8.71. The molecular formula is C26H28N4O4. The highest BCUT2D eigenvalue weighted by Crippen LogP contribution is 2.35. The number of fused-ring (bicyclic) bond motifs is 1. The van der Waals surface area contributed by atoms with E-state index < -0.39 is 0 Å². The van der Waals surface area contributed by atoms with Gasteiger partial charge in [0.15, 0.2) is 23.9 Å². The Kier molecular flexibility index (Phi) is 5.96. The number of aromatic nitrogens is 2. The molecule has 1 saturated heterocycles. The van der Waals surface area contributed by atoms with Gasteiger partial charge in [-0.15, -0.1) is 10.2 Å². The lowest BCUT2D eigenvalue weighted by Crippen LogP contribution is -2.50. The summed E-state index contributed by atoms with van der Waals surface area (Å²) in [7, 11) is 0. The molecule has 0 saturated carbocycles. The summed E-state index contributed by atoms with van der Waals surface area (Å²) < 4.78 is 16.7. The Morgan fingerprint density at radius 3 is 2.50 bits per heavy atom. The van der Waals surface area contributed by atoms with Gasteiger partial charge in [-0.3, -0.25) is 4.79 Å². The molecule has 0 atom stereocenters. The first-order valence-corrected chi connectivity index (χ1v) is 11.4. The first-order valence-electron chi connectivity index (χ1n) is 11.4. The molecule has 0 unspecified atom stereocenters. The van der Waals surface area contributed by atoms with Crippen LogP contribution >= 0.6 is 0 Å². The highest BCUT2D eigenvalue weighted by atomic mass is 16.7. The molecule has 0 bridgehead atoms. The quantitative estimate of drug-likeness (QED) is 0.577. The average Bonchev–Trinajstić information content (AvgIpc) is 3.33. The fraction of sp³-hybridized carbons (Fsp3) is 0.346. The summed E-state index contributed by atoms with van der Waals surface area (Å²) in [5.74, 6) is 3.06. The Labute approximate surface area is 199 Å². The lowest BCUT2D eigenvalue weighted by atomic mass is 10.1. The number of carbonyl (C=O) groups excluding carboxylic acids is 1. The van der Waals surface area contributed by atoms with Gasteiger partial charge in [0.25, 0.3) is 5.91 Å². The summed E-state index contributed by atoms with van der Waals surface area (Å²) in [5.41, 5.74) is 5.07. The first kappa shape index (κ1) is 22.0. The van der Waals surface area contributed by atoms with E-state index in [4.69, 9.17) is 14.2 Å². The molecule has 0 N–H and O–H groups in total. The second-order valence-electron chi connectivity index (χ2n) is 8.71. The molecule has 8 heteroatoms. The third kappa shape index (κ3) is 4.48. The van der Waals surface area contributed by atoms with Crippen LogP contribution in [0.5, 0.6) is 17.2 Å². The van der Waals surface area contributed by atoms with Crippen molar-refractivity contribution in [2.24, 2.45) is 0 Å². The van der Waals surface area contributed by atoms with Crippen molar-refractivity contribution < 1.29 is 19.0 Å². The minimum absolute atomic E-state index is 0.00227. The maximum absolute atomic E-state index is 12.7. The van der Waals surface area contributed by atoms with E-state index in [2.05, 4.69) is 28.1 Å². The van der Waals surface area contributed by atoms with Gasteiger partial charge in [0.2, 0.25) is 6.79 Å². The molecular weight excluding hydrogens is 432 g/mol. The Morgan fingerprint density at radius 2 is 1.74 bits per heavy atom. The van der Waals surface area contributed by atoms with E-state index in [0.29, 0.717) is 26.2 Å². The van der Waals surface area contributed by atoms with Crippen LogP contribution in [0.2, 0.25) is 0 Å². The molecule has 176 valence electrons. The van der Waals surface area contributed by atoms with Gasteiger partial charge < -0.3 is 24.0 Å². The number of benzene rings is 2. The van der Waals surface area contributed by atoms with Gasteiger partial charge in [0.05, 0.1) is 5.69 Å². The molecule has 1 amide bonds. The SMILES string of the molecule is Cc1cc(C)c(C)c(OCC(=O)N2CCN(c3ccc(-c4ccc5c(c4)OCO5)nn3)CC2)c1. The highest BCUT2D eigenvalue weighted by molar-refractivity contribution is 5.78. The van der Waals surface area contributed by atoms with Crippen LogP contribution in [0.3, 0.4) is 0 Å². The minimum Gasteiger partial charge on any atom is -0.483 e. The van der Waals surface area contributed by atoms with Gasteiger partial charge in [-0.25, -0.2) is 0 Å². The lowest BCUT2D eigenvalue weighted by Gasteiger charge is -2.35. The van der Waals surface area contributed by atoms with Gasteiger partial charge >= 0.3 is 0 Å². The standard InChI is InChI=1S/C26H28N4O4/c1-17-12-18(2)19(3)23(13-17)32-15-26(31)30-10-8-29(9-11-30)25-7-5-21(27-28-25)20-4-6-22-24(14-20)34-16-33-22/h4-7,12-14H,8-11,15-16H2,1-3H3. The van der Waals surface area contributed by atoms with E-state index in [1.54, 1.807) is 0 Å². The molecule has 0 aliphatic carbocycles. The zero-order valence-corrected chi connectivity index (χ0v) is 19.7. The second kappa shape index (κ2) is 9.21. The zero-order chi connectivity index (χ0) is 23.7. The zero-order valence-electron chi connectivity index (χ0n) is 19.7. The van der Waals surface area contributed by atoms with Gasteiger partial charge in [-0.05, 0) is 73.9 Å². The van der Waals surface area contributed by atoms with E-state index in [9.17, 15) is 4.79 Å². The Balaban J connectivity index is 1.16. The van der Waals surface area contributed by atoms with Crippen molar-refractivity contribution in [3.05, 3.63) is 59.2 Å². The van der Waals surface area contributed by atoms with Crippen LogP contribution < -0.4 is 19.1 Å². The maximum Gasteiger partial charge on any atom is 0.260 e. The van der Waals surface area contributed by atoms with Gasteiger partial charge in [-0.2, -0.15) is 0 Å². The molecule has 2 aliphatic heterocycles. The van der Waals surface area contributed by atoms with E-state index in [-0.39, 0.29) is 19.3 Å². The summed E-state index contributed by atoms with van der Waals surface area (Å²) in [4.78, 5) is 16.7. The summed E-state index contributed by atoms with van der Waals surface area (Å²) in [6.45, 7) is 9.05. The van der Waals surface area contributed by atoms with Crippen molar-refractivity contribution in [2.45, 2.75) is 20.8 Å². The van der Waals surface area contributed by atoms with Crippen LogP contribution in [0.1, 0.15) is 16.7 Å². The molecule has 3 aromatic rings. The maximum atomic E-state index is 12.7. The molecule has 1 aromatic heterocycles. The summed E-state index contributed by atoms with van der Waals surface area (Å²) in [5, 5.41) is 8.82. The van der Waals surface area contributed by atoms with Crippen molar-refractivity contribution in [1.29, 1.82) is 0 Å². The average molecular weight is 461 g/mol. The van der Waals surface area contributed by atoms with Crippen molar-refractivity contribution in [3.63, 3.8) is 0 Å². The largest absolute Gasteiger partial charge is 0.483 e. The Bertz CT molecular complexity index is 1200. The summed E-state index contributed by atoms with van der Waals surface area (Å²) in [6, 6.07) is 13.8. The molecule has 34 heavy (non-hydrogen) atoms. The van der Waals surface area contributed by atoms with Crippen molar-refractivity contribution in [3.8, 4) is 28.5 Å².